The average molecular weight is 246 g/mol. The van der Waals surface area contributed by atoms with E-state index in [1.807, 2.05) is 0 Å². The number of rotatable bonds is 3. The number of halogens is 2. The van der Waals surface area contributed by atoms with E-state index in [2.05, 4.69) is 22.2 Å². The Hall–Kier alpha value is -0.540. The predicted molar refractivity (Wildman–Crippen MR) is 62.5 cm³/mol. The van der Waals surface area contributed by atoms with E-state index >= 15 is 0 Å². The molecular formula is C10H13Cl2N3. The maximum absolute atomic E-state index is 5.99. The van der Waals surface area contributed by atoms with Crippen LogP contribution in [0.1, 0.15) is 32.6 Å². The molecule has 0 atom stereocenters. The highest BCUT2D eigenvalue weighted by Gasteiger charge is 2.35. The summed E-state index contributed by atoms with van der Waals surface area (Å²) in [6.45, 7) is 2.17. The van der Waals surface area contributed by atoms with Crippen molar-refractivity contribution in [2.75, 3.05) is 5.32 Å². The Bertz CT molecular complexity index is 358. The number of nitrogens with one attached hydrogen (secondary N) is 1. The summed E-state index contributed by atoms with van der Waals surface area (Å²) < 4.78 is 0. The Labute approximate surface area is 99.2 Å². The van der Waals surface area contributed by atoms with E-state index in [1.165, 1.54) is 25.5 Å². The zero-order valence-electron chi connectivity index (χ0n) is 8.56. The van der Waals surface area contributed by atoms with Crippen molar-refractivity contribution in [3.05, 3.63) is 16.5 Å². The predicted octanol–water partition coefficient (Wildman–Crippen LogP) is 3.53. The molecule has 2 rings (SSSR count). The lowest BCUT2D eigenvalue weighted by atomic mass is 9.75. The highest BCUT2D eigenvalue weighted by Crippen LogP contribution is 2.38. The van der Waals surface area contributed by atoms with E-state index in [4.69, 9.17) is 23.2 Å². The number of aromatic nitrogens is 2. The molecule has 0 aliphatic heterocycles. The molecule has 1 heterocycles. The molecule has 1 aromatic rings. The first-order chi connectivity index (χ1) is 7.15. The molecule has 0 unspecified atom stereocenters. The minimum atomic E-state index is 0.168. The van der Waals surface area contributed by atoms with Gasteiger partial charge in [-0.1, -0.05) is 18.5 Å². The van der Waals surface area contributed by atoms with Crippen molar-refractivity contribution in [3.8, 4) is 0 Å². The second kappa shape index (κ2) is 4.14. The van der Waals surface area contributed by atoms with Crippen LogP contribution in [0.15, 0.2) is 6.20 Å². The van der Waals surface area contributed by atoms with Gasteiger partial charge < -0.3 is 5.32 Å². The molecule has 15 heavy (non-hydrogen) atoms. The summed E-state index contributed by atoms with van der Waals surface area (Å²) in [5.41, 5.74) is 0.168. The molecule has 0 amide bonds. The van der Waals surface area contributed by atoms with Crippen LogP contribution in [0.25, 0.3) is 0 Å². The van der Waals surface area contributed by atoms with Gasteiger partial charge in [-0.05, 0) is 37.3 Å². The Balaban J connectivity index is 2.19. The van der Waals surface area contributed by atoms with Crippen molar-refractivity contribution in [3.63, 3.8) is 0 Å². The minimum absolute atomic E-state index is 0.168. The fourth-order valence-corrected chi connectivity index (χ4v) is 2.13. The Morgan fingerprint density at radius 3 is 2.73 bits per heavy atom. The molecule has 0 radical (unpaired) electrons. The summed E-state index contributed by atoms with van der Waals surface area (Å²) in [4.78, 5) is 7.92. The first kappa shape index (κ1) is 11.0. The molecule has 1 N–H and O–H groups in total. The zero-order chi connectivity index (χ0) is 10.9. The molecule has 0 bridgehead atoms. The summed E-state index contributed by atoms with van der Waals surface area (Å²) in [6.07, 6.45) is 6.20. The maximum atomic E-state index is 5.99. The number of anilines is 1. The minimum Gasteiger partial charge on any atom is -0.363 e. The van der Waals surface area contributed by atoms with Crippen molar-refractivity contribution in [1.29, 1.82) is 0 Å². The van der Waals surface area contributed by atoms with E-state index in [-0.39, 0.29) is 10.8 Å². The van der Waals surface area contributed by atoms with E-state index in [1.54, 1.807) is 0 Å². The van der Waals surface area contributed by atoms with Gasteiger partial charge in [0.1, 0.15) is 10.8 Å². The highest BCUT2D eigenvalue weighted by molar-refractivity contribution is 6.33. The van der Waals surface area contributed by atoms with Crippen LogP contribution in [-0.2, 0) is 0 Å². The van der Waals surface area contributed by atoms with Crippen LogP contribution in [0, 0.1) is 0 Å². The summed E-state index contributed by atoms with van der Waals surface area (Å²) >= 11 is 11.7. The van der Waals surface area contributed by atoms with Crippen LogP contribution in [0.3, 0.4) is 0 Å². The molecule has 5 heteroatoms. The molecule has 0 aromatic carbocycles. The summed E-state index contributed by atoms with van der Waals surface area (Å²) in [6, 6.07) is 0. The Morgan fingerprint density at radius 2 is 2.20 bits per heavy atom. The standard InChI is InChI=1S/C10H13Cl2N3/c1-2-10(4-3-5-10)15-8-7(11)6-13-9(12)14-8/h6H,2-5H2,1H3,(H,13,14,15). The molecule has 0 saturated heterocycles. The van der Waals surface area contributed by atoms with Gasteiger partial charge in [-0.15, -0.1) is 0 Å². The third-order valence-corrected chi connectivity index (χ3v) is 3.54. The lowest BCUT2D eigenvalue weighted by Gasteiger charge is -2.42. The van der Waals surface area contributed by atoms with Crippen LogP contribution in [0.2, 0.25) is 10.3 Å². The molecule has 0 spiro atoms. The molecule has 82 valence electrons. The number of hydrogen-bond acceptors (Lipinski definition) is 3. The lowest BCUT2D eigenvalue weighted by Crippen LogP contribution is -2.44. The Kier molecular flexibility index (Phi) is 3.03. The quantitative estimate of drug-likeness (QED) is 0.829. The van der Waals surface area contributed by atoms with Crippen molar-refractivity contribution >= 4 is 29.0 Å². The maximum Gasteiger partial charge on any atom is 0.224 e. The zero-order valence-corrected chi connectivity index (χ0v) is 10.1. The first-order valence-corrected chi connectivity index (χ1v) is 5.87. The van der Waals surface area contributed by atoms with Gasteiger partial charge in [0, 0.05) is 5.54 Å². The average Bonchev–Trinajstić information content (AvgIpc) is 2.17. The van der Waals surface area contributed by atoms with E-state index < -0.39 is 0 Å². The van der Waals surface area contributed by atoms with Crippen LogP contribution < -0.4 is 5.32 Å². The molecule has 1 fully saturated rings. The van der Waals surface area contributed by atoms with Gasteiger partial charge in [0.05, 0.1) is 6.20 Å². The van der Waals surface area contributed by atoms with Crippen LogP contribution in [0.4, 0.5) is 5.82 Å². The van der Waals surface area contributed by atoms with Crippen molar-refractivity contribution in [1.82, 2.24) is 9.97 Å². The summed E-state index contributed by atoms with van der Waals surface area (Å²) in [7, 11) is 0. The van der Waals surface area contributed by atoms with Crippen LogP contribution in [0.5, 0.6) is 0 Å². The molecule has 1 saturated carbocycles. The van der Waals surface area contributed by atoms with Crippen molar-refractivity contribution < 1.29 is 0 Å². The van der Waals surface area contributed by atoms with Gasteiger partial charge in [0.2, 0.25) is 5.28 Å². The second-order valence-electron chi connectivity index (χ2n) is 3.95. The Morgan fingerprint density at radius 1 is 1.47 bits per heavy atom. The monoisotopic (exact) mass is 245 g/mol. The van der Waals surface area contributed by atoms with Crippen LogP contribution in [-0.4, -0.2) is 15.5 Å². The molecule has 3 nitrogen and oxygen atoms in total. The van der Waals surface area contributed by atoms with Gasteiger partial charge in [-0.25, -0.2) is 4.98 Å². The smallest absolute Gasteiger partial charge is 0.224 e. The highest BCUT2D eigenvalue weighted by atomic mass is 35.5. The normalized spacial score (nSPS) is 18.3. The van der Waals surface area contributed by atoms with E-state index in [0.29, 0.717) is 10.8 Å². The third-order valence-electron chi connectivity index (χ3n) is 3.09. The molecule has 1 aliphatic rings. The van der Waals surface area contributed by atoms with Gasteiger partial charge >= 0.3 is 0 Å². The van der Waals surface area contributed by atoms with Crippen molar-refractivity contribution in [2.45, 2.75) is 38.1 Å². The van der Waals surface area contributed by atoms with Crippen LogP contribution >= 0.6 is 23.2 Å². The van der Waals surface area contributed by atoms with Crippen molar-refractivity contribution in [2.24, 2.45) is 0 Å². The number of nitrogens with zero attached hydrogens (tertiary/aromatic N) is 2. The number of hydrogen-bond donors (Lipinski definition) is 1. The summed E-state index contributed by atoms with van der Waals surface area (Å²) in [5.74, 6) is 0.651. The summed E-state index contributed by atoms with van der Waals surface area (Å²) in [5, 5.41) is 4.14. The van der Waals surface area contributed by atoms with Gasteiger partial charge in [0.25, 0.3) is 0 Å². The lowest BCUT2D eigenvalue weighted by molar-refractivity contribution is 0.269. The molecule has 1 aliphatic carbocycles. The van der Waals surface area contributed by atoms with E-state index in [9.17, 15) is 0 Å². The molecule has 1 aromatic heterocycles. The van der Waals surface area contributed by atoms with Gasteiger partial charge in [-0.2, -0.15) is 4.98 Å². The fraction of sp³-hybridized carbons (Fsp3) is 0.600. The van der Waals surface area contributed by atoms with E-state index in [0.717, 1.165) is 6.42 Å². The SMILES string of the molecule is CCC1(Nc2nc(Cl)ncc2Cl)CCC1. The third kappa shape index (κ3) is 2.18. The fourth-order valence-electron chi connectivity index (χ4n) is 1.85. The molecular weight excluding hydrogens is 233 g/mol. The van der Waals surface area contributed by atoms with Gasteiger partial charge in [0.15, 0.2) is 0 Å². The topological polar surface area (TPSA) is 37.8 Å². The second-order valence-corrected chi connectivity index (χ2v) is 4.69. The van der Waals surface area contributed by atoms with Gasteiger partial charge in [-0.3, -0.25) is 0 Å². The first-order valence-electron chi connectivity index (χ1n) is 5.11. The largest absolute Gasteiger partial charge is 0.363 e.